The van der Waals surface area contributed by atoms with Crippen LogP contribution in [0.3, 0.4) is 0 Å². The molecule has 0 atom stereocenters. The van der Waals surface area contributed by atoms with E-state index in [4.69, 9.17) is 4.74 Å². The van der Waals surface area contributed by atoms with Gasteiger partial charge in [-0.2, -0.15) is 0 Å². The van der Waals surface area contributed by atoms with Crippen LogP contribution in [0.15, 0.2) is 30.3 Å². The van der Waals surface area contributed by atoms with Gasteiger partial charge in [0.15, 0.2) is 5.78 Å². The molecule has 0 saturated carbocycles. The predicted molar refractivity (Wildman–Crippen MR) is 111 cm³/mol. The average Bonchev–Trinajstić information content (AvgIpc) is 2.59. The van der Waals surface area contributed by atoms with E-state index in [1.165, 1.54) is 5.56 Å². The molecule has 2 heterocycles. The number of ether oxygens (including phenoxy) is 1. The molecule has 0 spiro atoms. The van der Waals surface area contributed by atoms with Crippen molar-refractivity contribution in [3.05, 3.63) is 41.5 Å². The van der Waals surface area contributed by atoms with Gasteiger partial charge in [-0.3, -0.25) is 4.79 Å². The molecule has 152 valence electrons. The van der Waals surface area contributed by atoms with Crippen LogP contribution in [0.2, 0.25) is 0 Å². The molecule has 0 unspecified atom stereocenters. The average molecular weight is 385 g/mol. The van der Waals surface area contributed by atoms with Gasteiger partial charge in [0.1, 0.15) is 5.60 Å². The normalized spacial score (nSPS) is 21.0. The van der Waals surface area contributed by atoms with Gasteiger partial charge in [-0.05, 0) is 59.4 Å². The highest BCUT2D eigenvalue weighted by Crippen LogP contribution is 2.30. The van der Waals surface area contributed by atoms with Gasteiger partial charge in [-0.15, -0.1) is 0 Å². The summed E-state index contributed by atoms with van der Waals surface area (Å²) in [5.74, 6) is 0.0871. The first-order chi connectivity index (χ1) is 13.0. The van der Waals surface area contributed by atoms with E-state index in [0.29, 0.717) is 25.9 Å². The Morgan fingerprint density at radius 1 is 1.18 bits per heavy atom. The first-order valence-corrected chi connectivity index (χ1v) is 10.1. The SMILES string of the molecule is CC1(C)Cc2ccccc2/C(=C/C(=O)C2CCN(C(=O)OC(C)(C)C)CC2)N1. The van der Waals surface area contributed by atoms with Crippen molar-refractivity contribution in [1.82, 2.24) is 10.2 Å². The molecule has 2 aliphatic rings. The summed E-state index contributed by atoms with van der Waals surface area (Å²) in [6, 6.07) is 8.26. The Bertz CT molecular complexity index is 781. The molecule has 2 aliphatic heterocycles. The van der Waals surface area contributed by atoms with E-state index in [1.807, 2.05) is 32.9 Å². The molecule has 1 amide bonds. The number of rotatable bonds is 2. The van der Waals surface area contributed by atoms with Gasteiger partial charge in [-0.25, -0.2) is 4.79 Å². The molecule has 0 radical (unpaired) electrons. The van der Waals surface area contributed by atoms with Gasteiger partial charge in [0, 0.05) is 41.9 Å². The molecule has 1 fully saturated rings. The van der Waals surface area contributed by atoms with E-state index >= 15 is 0 Å². The van der Waals surface area contributed by atoms with Crippen molar-refractivity contribution in [1.29, 1.82) is 0 Å². The van der Waals surface area contributed by atoms with Gasteiger partial charge in [0.25, 0.3) is 0 Å². The fraction of sp³-hybridized carbons (Fsp3) is 0.565. The third kappa shape index (κ3) is 4.94. The molecule has 1 N–H and O–H groups in total. The number of nitrogens with zero attached hydrogens (tertiary/aromatic N) is 1. The number of carbonyl (C=O) groups is 2. The Morgan fingerprint density at radius 2 is 1.82 bits per heavy atom. The maximum Gasteiger partial charge on any atom is 0.410 e. The largest absolute Gasteiger partial charge is 0.444 e. The lowest BCUT2D eigenvalue weighted by molar-refractivity contribution is -0.119. The predicted octanol–water partition coefficient (Wildman–Crippen LogP) is 4.17. The Balaban J connectivity index is 1.67. The zero-order valence-electron chi connectivity index (χ0n) is 17.7. The maximum absolute atomic E-state index is 12.9. The molecule has 0 aromatic heterocycles. The summed E-state index contributed by atoms with van der Waals surface area (Å²) < 4.78 is 5.44. The fourth-order valence-corrected chi connectivity index (χ4v) is 3.94. The second kappa shape index (κ2) is 7.61. The van der Waals surface area contributed by atoms with E-state index in [1.54, 1.807) is 11.0 Å². The van der Waals surface area contributed by atoms with Crippen LogP contribution in [0.5, 0.6) is 0 Å². The lowest BCUT2D eigenvalue weighted by Gasteiger charge is -2.36. The molecule has 3 rings (SSSR count). The van der Waals surface area contributed by atoms with Crippen LogP contribution in [0.1, 0.15) is 58.6 Å². The molecule has 0 bridgehead atoms. The molecular weight excluding hydrogens is 352 g/mol. The number of allylic oxidation sites excluding steroid dienone is 1. The highest BCUT2D eigenvalue weighted by atomic mass is 16.6. The summed E-state index contributed by atoms with van der Waals surface area (Å²) in [5.41, 5.74) is 2.71. The molecule has 1 aromatic carbocycles. The second-order valence-corrected chi connectivity index (χ2v) is 9.54. The summed E-state index contributed by atoms with van der Waals surface area (Å²) in [6.45, 7) is 11.0. The molecule has 0 aliphatic carbocycles. The first-order valence-electron chi connectivity index (χ1n) is 10.1. The zero-order chi connectivity index (χ0) is 20.5. The van der Waals surface area contributed by atoms with Gasteiger partial charge in [0.2, 0.25) is 0 Å². The minimum Gasteiger partial charge on any atom is -0.444 e. The van der Waals surface area contributed by atoms with Crippen LogP contribution < -0.4 is 5.32 Å². The Morgan fingerprint density at radius 3 is 2.46 bits per heavy atom. The van der Waals surface area contributed by atoms with Crippen LogP contribution in [0, 0.1) is 5.92 Å². The van der Waals surface area contributed by atoms with Crippen molar-refractivity contribution in [3.63, 3.8) is 0 Å². The minimum atomic E-state index is -0.499. The van der Waals surface area contributed by atoms with Gasteiger partial charge in [0.05, 0.1) is 0 Å². The number of nitrogens with one attached hydrogen (secondary N) is 1. The highest BCUT2D eigenvalue weighted by molar-refractivity contribution is 5.98. The highest BCUT2D eigenvalue weighted by Gasteiger charge is 2.31. The smallest absolute Gasteiger partial charge is 0.410 e. The third-order valence-corrected chi connectivity index (χ3v) is 5.25. The summed E-state index contributed by atoms with van der Waals surface area (Å²) in [6.07, 6.45) is 3.76. The van der Waals surface area contributed by atoms with E-state index in [2.05, 4.69) is 31.3 Å². The molecule has 1 aromatic rings. The Labute approximate surface area is 168 Å². The lowest BCUT2D eigenvalue weighted by atomic mass is 9.84. The molecular formula is C23H32N2O3. The van der Waals surface area contributed by atoms with Crippen molar-refractivity contribution in [2.75, 3.05) is 13.1 Å². The van der Waals surface area contributed by atoms with Gasteiger partial charge < -0.3 is 15.0 Å². The van der Waals surface area contributed by atoms with Crippen LogP contribution >= 0.6 is 0 Å². The summed E-state index contributed by atoms with van der Waals surface area (Å²) >= 11 is 0. The fourth-order valence-electron chi connectivity index (χ4n) is 3.94. The maximum atomic E-state index is 12.9. The summed E-state index contributed by atoms with van der Waals surface area (Å²) in [7, 11) is 0. The van der Waals surface area contributed by atoms with Crippen molar-refractivity contribution in [2.45, 2.75) is 65.0 Å². The first kappa shape index (κ1) is 20.4. The van der Waals surface area contributed by atoms with Crippen LogP contribution in [0.4, 0.5) is 4.79 Å². The number of ketones is 1. The number of carbonyl (C=O) groups excluding carboxylic acids is 2. The van der Waals surface area contributed by atoms with Crippen molar-refractivity contribution < 1.29 is 14.3 Å². The van der Waals surface area contributed by atoms with E-state index in [9.17, 15) is 9.59 Å². The molecule has 5 nitrogen and oxygen atoms in total. The number of benzene rings is 1. The van der Waals surface area contributed by atoms with E-state index < -0.39 is 5.60 Å². The number of fused-ring (bicyclic) bond motifs is 1. The van der Waals surface area contributed by atoms with Crippen LogP contribution in [0.25, 0.3) is 5.70 Å². The zero-order valence-corrected chi connectivity index (χ0v) is 17.7. The van der Waals surface area contributed by atoms with Crippen molar-refractivity contribution >= 4 is 17.6 Å². The quantitative estimate of drug-likeness (QED) is 0.778. The van der Waals surface area contributed by atoms with Crippen LogP contribution in [-0.2, 0) is 16.0 Å². The number of piperidine rings is 1. The van der Waals surface area contributed by atoms with E-state index in [-0.39, 0.29) is 23.3 Å². The standard InChI is InChI=1S/C23H32N2O3/c1-22(2,3)28-21(27)25-12-10-16(11-13-25)20(26)14-19-18-9-7-6-8-17(18)15-23(4,5)24-19/h6-9,14,16,24H,10-13,15H2,1-5H3/b19-14-. The third-order valence-electron chi connectivity index (χ3n) is 5.25. The van der Waals surface area contributed by atoms with Crippen molar-refractivity contribution in [2.24, 2.45) is 5.92 Å². The lowest BCUT2D eigenvalue weighted by Crippen LogP contribution is -2.44. The number of likely N-dealkylation sites (tertiary alicyclic amines) is 1. The Hall–Kier alpha value is -2.30. The monoisotopic (exact) mass is 384 g/mol. The Kier molecular flexibility index (Phi) is 5.55. The minimum absolute atomic E-state index is 0.0508. The van der Waals surface area contributed by atoms with Gasteiger partial charge in [-0.1, -0.05) is 24.3 Å². The van der Waals surface area contributed by atoms with Gasteiger partial charge >= 0.3 is 6.09 Å². The van der Waals surface area contributed by atoms with Crippen molar-refractivity contribution in [3.8, 4) is 0 Å². The second-order valence-electron chi connectivity index (χ2n) is 9.54. The molecule has 5 heteroatoms. The summed E-state index contributed by atoms with van der Waals surface area (Å²) in [4.78, 5) is 26.9. The number of hydrogen-bond acceptors (Lipinski definition) is 4. The number of amides is 1. The summed E-state index contributed by atoms with van der Waals surface area (Å²) in [5, 5.41) is 3.53. The van der Waals surface area contributed by atoms with Crippen LogP contribution in [-0.4, -0.2) is 41.0 Å². The molecule has 1 saturated heterocycles. The topological polar surface area (TPSA) is 58.6 Å². The van der Waals surface area contributed by atoms with E-state index in [0.717, 1.165) is 17.7 Å². The molecule has 28 heavy (non-hydrogen) atoms. The number of hydrogen-bond donors (Lipinski definition) is 1.